The van der Waals surface area contributed by atoms with Gasteiger partial charge in [0.25, 0.3) is 0 Å². The van der Waals surface area contributed by atoms with Gasteiger partial charge in [0.1, 0.15) is 11.4 Å². The highest BCUT2D eigenvalue weighted by atomic mass is 16.5. The van der Waals surface area contributed by atoms with Crippen molar-refractivity contribution in [3.05, 3.63) is 30.5 Å². The molecule has 3 aliphatic rings. The topological polar surface area (TPSA) is 92.5 Å². The molecule has 8 nitrogen and oxygen atoms in total. The zero-order chi connectivity index (χ0) is 19.5. The van der Waals surface area contributed by atoms with Crippen LogP contribution in [-0.4, -0.2) is 70.3 Å². The molecule has 3 aliphatic heterocycles. The van der Waals surface area contributed by atoms with Gasteiger partial charge in [-0.15, -0.1) is 5.10 Å². The van der Waals surface area contributed by atoms with Crippen LogP contribution in [0.25, 0.3) is 11.3 Å². The van der Waals surface area contributed by atoms with Gasteiger partial charge in [0, 0.05) is 31.8 Å². The van der Waals surface area contributed by atoms with E-state index in [0.717, 1.165) is 43.7 Å². The van der Waals surface area contributed by atoms with Gasteiger partial charge >= 0.3 is 0 Å². The zero-order valence-electron chi connectivity index (χ0n) is 16.1. The van der Waals surface area contributed by atoms with Gasteiger partial charge < -0.3 is 15.2 Å². The van der Waals surface area contributed by atoms with Crippen molar-refractivity contribution in [1.29, 1.82) is 0 Å². The molecule has 0 spiro atoms. The summed E-state index contributed by atoms with van der Waals surface area (Å²) in [6.07, 6.45) is 4.00. The standard InChI is InChI=1S/C20H27N5O3/c1-28-8-6-21-20(27)18-12-24-7-5-14(18)9-16(24)11-25-13-19(22-23-25)15-3-2-4-17(26)10-15/h2-4,10,13-14,16,18,26H,5-9,11-12H2,1H3,(H,21,27). The van der Waals surface area contributed by atoms with Crippen LogP contribution >= 0.6 is 0 Å². The van der Waals surface area contributed by atoms with Gasteiger partial charge in [-0.1, -0.05) is 17.3 Å². The summed E-state index contributed by atoms with van der Waals surface area (Å²) in [5, 5.41) is 21.2. The predicted molar refractivity (Wildman–Crippen MR) is 104 cm³/mol. The number of fused-ring (bicyclic) bond motifs is 3. The number of carbonyl (C=O) groups is 1. The molecule has 4 atom stereocenters. The Hall–Kier alpha value is -2.45. The molecule has 2 aromatic rings. The molecule has 4 heterocycles. The van der Waals surface area contributed by atoms with Crippen LogP contribution in [0.5, 0.6) is 5.75 Å². The number of aromatic nitrogens is 3. The van der Waals surface area contributed by atoms with Crippen LogP contribution < -0.4 is 5.32 Å². The molecule has 28 heavy (non-hydrogen) atoms. The monoisotopic (exact) mass is 385 g/mol. The number of aromatic hydroxyl groups is 1. The van der Waals surface area contributed by atoms with Crippen LogP contribution in [-0.2, 0) is 16.1 Å². The van der Waals surface area contributed by atoms with Gasteiger partial charge in [-0.3, -0.25) is 14.4 Å². The van der Waals surface area contributed by atoms with Crippen LogP contribution in [0.1, 0.15) is 12.8 Å². The summed E-state index contributed by atoms with van der Waals surface area (Å²) in [4.78, 5) is 14.9. The van der Waals surface area contributed by atoms with E-state index in [4.69, 9.17) is 4.74 Å². The number of hydrogen-bond donors (Lipinski definition) is 2. The third-order valence-electron chi connectivity index (χ3n) is 5.90. The Morgan fingerprint density at radius 3 is 3.07 bits per heavy atom. The Kier molecular flexibility index (Phi) is 5.59. The molecule has 2 N–H and O–H groups in total. The molecular weight excluding hydrogens is 358 g/mol. The number of rotatable bonds is 7. The number of ether oxygens (including phenoxy) is 1. The van der Waals surface area contributed by atoms with E-state index >= 15 is 0 Å². The number of piperidine rings is 3. The van der Waals surface area contributed by atoms with Crippen molar-refractivity contribution < 1.29 is 14.6 Å². The second-order valence-electron chi connectivity index (χ2n) is 7.70. The molecule has 4 unspecified atom stereocenters. The lowest BCUT2D eigenvalue weighted by atomic mass is 9.75. The molecule has 5 rings (SSSR count). The van der Waals surface area contributed by atoms with Crippen LogP contribution in [0.15, 0.2) is 30.5 Å². The summed E-state index contributed by atoms with van der Waals surface area (Å²) >= 11 is 0. The summed E-state index contributed by atoms with van der Waals surface area (Å²) in [7, 11) is 1.64. The largest absolute Gasteiger partial charge is 0.508 e. The number of phenols is 1. The molecule has 0 saturated carbocycles. The molecule has 0 aliphatic carbocycles. The van der Waals surface area contributed by atoms with Crippen molar-refractivity contribution in [2.24, 2.45) is 11.8 Å². The van der Waals surface area contributed by atoms with Crippen molar-refractivity contribution in [1.82, 2.24) is 25.2 Å². The van der Waals surface area contributed by atoms with Crippen molar-refractivity contribution >= 4 is 5.91 Å². The average Bonchev–Trinajstić information content (AvgIpc) is 3.17. The number of amides is 1. The minimum atomic E-state index is 0.0699. The van der Waals surface area contributed by atoms with Crippen LogP contribution in [0, 0.1) is 11.8 Å². The first-order chi connectivity index (χ1) is 13.6. The lowest BCUT2D eigenvalue weighted by Gasteiger charge is -2.49. The van der Waals surface area contributed by atoms with E-state index in [1.54, 1.807) is 25.3 Å². The molecule has 1 aromatic heterocycles. The fourth-order valence-electron chi connectivity index (χ4n) is 4.43. The minimum absolute atomic E-state index is 0.0699. The van der Waals surface area contributed by atoms with E-state index in [9.17, 15) is 9.90 Å². The maximum Gasteiger partial charge on any atom is 0.224 e. The third-order valence-corrected chi connectivity index (χ3v) is 5.90. The van der Waals surface area contributed by atoms with Crippen molar-refractivity contribution in [3.8, 4) is 17.0 Å². The molecule has 3 saturated heterocycles. The first-order valence-corrected chi connectivity index (χ1v) is 9.84. The van der Waals surface area contributed by atoms with E-state index in [2.05, 4.69) is 20.5 Å². The van der Waals surface area contributed by atoms with Crippen molar-refractivity contribution in [3.63, 3.8) is 0 Å². The maximum atomic E-state index is 12.5. The number of hydrogen-bond acceptors (Lipinski definition) is 6. The molecule has 1 amide bonds. The van der Waals surface area contributed by atoms with Crippen LogP contribution in [0.3, 0.4) is 0 Å². The smallest absolute Gasteiger partial charge is 0.224 e. The first-order valence-electron chi connectivity index (χ1n) is 9.84. The van der Waals surface area contributed by atoms with Gasteiger partial charge in [0.05, 0.1) is 25.3 Å². The Morgan fingerprint density at radius 1 is 1.43 bits per heavy atom. The average molecular weight is 385 g/mol. The number of nitrogens with one attached hydrogen (secondary N) is 1. The number of carbonyl (C=O) groups excluding carboxylic acids is 1. The second kappa shape index (κ2) is 8.28. The van der Waals surface area contributed by atoms with Gasteiger partial charge in [0.2, 0.25) is 5.91 Å². The highest BCUT2D eigenvalue weighted by molar-refractivity contribution is 5.79. The quantitative estimate of drug-likeness (QED) is 0.694. The Bertz CT molecular complexity index is 824. The summed E-state index contributed by atoms with van der Waals surface area (Å²) in [6.45, 7) is 3.72. The molecule has 1 aromatic carbocycles. The molecule has 0 radical (unpaired) electrons. The predicted octanol–water partition coefficient (Wildman–Crippen LogP) is 1.12. The number of benzene rings is 1. The SMILES string of the molecule is COCCNC(=O)C1CN2CCC1CC2Cn1cc(-c2cccc(O)c2)nn1. The van der Waals surface area contributed by atoms with Crippen molar-refractivity contribution in [2.75, 3.05) is 33.4 Å². The third kappa shape index (κ3) is 4.02. The molecule has 3 fully saturated rings. The van der Waals surface area contributed by atoms with Crippen LogP contribution in [0.4, 0.5) is 0 Å². The number of methoxy groups -OCH3 is 1. The lowest BCUT2D eigenvalue weighted by molar-refractivity contribution is -0.133. The molecule has 150 valence electrons. The molecule has 2 bridgehead atoms. The highest BCUT2D eigenvalue weighted by Gasteiger charge is 2.43. The van der Waals surface area contributed by atoms with E-state index < -0.39 is 0 Å². The van der Waals surface area contributed by atoms with E-state index in [1.807, 2.05) is 16.9 Å². The van der Waals surface area contributed by atoms with Gasteiger partial charge in [-0.25, -0.2) is 0 Å². The van der Waals surface area contributed by atoms with Crippen molar-refractivity contribution in [2.45, 2.75) is 25.4 Å². The first kappa shape index (κ1) is 18.9. The number of nitrogens with zero attached hydrogens (tertiary/aromatic N) is 4. The second-order valence-corrected chi connectivity index (χ2v) is 7.70. The van der Waals surface area contributed by atoms with E-state index in [-0.39, 0.29) is 17.6 Å². The summed E-state index contributed by atoms with van der Waals surface area (Å²) in [5.41, 5.74) is 1.60. The van der Waals surface area contributed by atoms with E-state index in [0.29, 0.717) is 25.1 Å². The zero-order valence-corrected chi connectivity index (χ0v) is 16.1. The highest BCUT2D eigenvalue weighted by Crippen LogP contribution is 2.37. The van der Waals surface area contributed by atoms with Gasteiger partial charge in [-0.05, 0) is 37.4 Å². The summed E-state index contributed by atoms with van der Waals surface area (Å²) in [5.74, 6) is 0.863. The molecular formula is C20H27N5O3. The Labute approximate surface area is 164 Å². The van der Waals surface area contributed by atoms with Crippen LogP contribution in [0.2, 0.25) is 0 Å². The van der Waals surface area contributed by atoms with Gasteiger partial charge in [-0.2, -0.15) is 0 Å². The molecule has 8 heteroatoms. The normalized spacial score (nSPS) is 26.3. The summed E-state index contributed by atoms with van der Waals surface area (Å²) in [6, 6.07) is 7.41. The summed E-state index contributed by atoms with van der Waals surface area (Å²) < 4.78 is 6.88. The minimum Gasteiger partial charge on any atom is -0.508 e. The Balaban J connectivity index is 1.37. The van der Waals surface area contributed by atoms with Gasteiger partial charge in [0.15, 0.2) is 0 Å². The lowest BCUT2D eigenvalue weighted by Crippen LogP contribution is -2.58. The maximum absolute atomic E-state index is 12.5. The number of phenolic OH excluding ortho intramolecular Hbond substituents is 1. The fourth-order valence-corrected chi connectivity index (χ4v) is 4.43. The Morgan fingerprint density at radius 2 is 2.32 bits per heavy atom. The fraction of sp³-hybridized carbons (Fsp3) is 0.550. The van der Waals surface area contributed by atoms with E-state index in [1.165, 1.54) is 0 Å².